The van der Waals surface area contributed by atoms with Crippen molar-refractivity contribution in [1.82, 2.24) is 5.32 Å². The Labute approximate surface area is 125 Å². The van der Waals surface area contributed by atoms with Gasteiger partial charge < -0.3 is 20.9 Å². The van der Waals surface area contributed by atoms with Gasteiger partial charge in [-0.15, -0.1) is 0 Å². The molecule has 1 amide bonds. The van der Waals surface area contributed by atoms with Crippen LogP contribution in [-0.4, -0.2) is 41.1 Å². The first-order valence-corrected chi connectivity index (χ1v) is 6.93. The minimum Gasteiger partial charge on any atom is -0.480 e. The zero-order valence-corrected chi connectivity index (χ0v) is 13.3. The van der Waals surface area contributed by atoms with E-state index in [4.69, 9.17) is 15.6 Å². The lowest BCUT2D eigenvalue weighted by Crippen LogP contribution is -2.47. The number of hydrogen-bond donors (Lipinski definition) is 3. The summed E-state index contributed by atoms with van der Waals surface area (Å²) in [5, 5.41) is 11.5. The van der Waals surface area contributed by atoms with Crippen LogP contribution >= 0.6 is 0 Å². The van der Waals surface area contributed by atoms with Gasteiger partial charge in [0.05, 0.1) is 12.3 Å². The Bertz CT molecular complexity index is 387. The second-order valence-corrected chi connectivity index (χ2v) is 6.28. The molecule has 0 bridgehead atoms. The third-order valence-electron chi connectivity index (χ3n) is 2.80. The number of amides is 1. The minimum absolute atomic E-state index is 0.0222. The molecule has 21 heavy (non-hydrogen) atoms. The molecule has 122 valence electrons. The lowest BCUT2D eigenvalue weighted by atomic mass is 9.94. The van der Waals surface area contributed by atoms with Crippen LogP contribution in [0.4, 0.5) is 0 Å². The molecule has 0 spiro atoms. The number of carboxylic acids is 1. The highest BCUT2D eigenvalue weighted by Crippen LogP contribution is 2.12. The molecule has 0 aliphatic rings. The van der Waals surface area contributed by atoms with Crippen molar-refractivity contribution in [2.75, 3.05) is 6.54 Å². The van der Waals surface area contributed by atoms with Crippen molar-refractivity contribution in [3.63, 3.8) is 0 Å². The lowest BCUT2D eigenvalue weighted by molar-refractivity contribution is -0.158. The Kier molecular flexibility index (Phi) is 7.35. The summed E-state index contributed by atoms with van der Waals surface area (Å²) in [7, 11) is 0. The summed E-state index contributed by atoms with van der Waals surface area (Å²) < 4.78 is 5.06. The number of carbonyl (C=O) groups is 3. The summed E-state index contributed by atoms with van der Waals surface area (Å²) in [6, 6.07) is -1.32. The first-order chi connectivity index (χ1) is 9.47. The van der Waals surface area contributed by atoms with Gasteiger partial charge in [0.15, 0.2) is 0 Å². The molecule has 7 heteroatoms. The number of carbonyl (C=O) groups excluding carboxylic acids is 2. The van der Waals surface area contributed by atoms with Crippen molar-refractivity contribution in [3.05, 3.63) is 0 Å². The number of aliphatic carboxylic acids is 1. The lowest BCUT2D eigenvalue weighted by Gasteiger charge is -2.23. The van der Waals surface area contributed by atoms with E-state index < -0.39 is 41.8 Å². The maximum absolute atomic E-state index is 12.0. The third kappa shape index (κ3) is 7.65. The molecule has 7 nitrogen and oxygen atoms in total. The molecule has 0 saturated carbocycles. The second-order valence-electron chi connectivity index (χ2n) is 6.28. The molecule has 0 saturated heterocycles. The molecular formula is C14H26N2O5. The molecule has 2 atom stereocenters. The Morgan fingerprint density at radius 2 is 1.76 bits per heavy atom. The van der Waals surface area contributed by atoms with E-state index >= 15 is 0 Å². The summed E-state index contributed by atoms with van der Waals surface area (Å²) in [6.45, 7) is 8.80. The molecule has 4 N–H and O–H groups in total. The second kappa shape index (κ2) is 7.97. The van der Waals surface area contributed by atoms with E-state index in [1.54, 1.807) is 20.8 Å². The van der Waals surface area contributed by atoms with Crippen molar-refractivity contribution in [1.29, 1.82) is 0 Å². The number of carboxylic acid groups (broad SMARTS) is 1. The van der Waals surface area contributed by atoms with E-state index in [1.807, 2.05) is 13.8 Å². The fourth-order valence-electron chi connectivity index (χ4n) is 1.71. The van der Waals surface area contributed by atoms with E-state index in [1.165, 1.54) is 0 Å². The molecule has 0 heterocycles. The highest BCUT2D eigenvalue weighted by atomic mass is 16.6. The molecular weight excluding hydrogens is 276 g/mol. The maximum Gasteiger partial charge on any atom is 0.326 e. The third-order valence-corrected chi connectivity index (χ3v) is 2.80. The standard InChI is InChI=1S/C14H26N2O5/c1-8(2)9(7-15)12(18)16-10(13(19)20)6-11(17)21-14(3,4)5/h8-10H,6-7,15H2,1-5H3,(H,16,18)(H,19,20)/t9?,10-/m0/s1. The predicted molar refractivity (Wildman–Crippen MR) is 77.4 cm³/mol. The Morgan fingerprint density at radius 1 is 1.24 bits per heavy atom. The van der Waals surface area contributed by atoms with Crippen LogP contribution in [0.25, 0.3) is 0 Å². The maximum atomic E-state index is 12.0. The van der Waals surface area contributed by atoms with Crippen LogP contribution < -0.4 is 11.1 Å². The Balaban J connectivity index is 4.75. The van der Waals surface area contributed by atoms with Crippen LogP contribution in [0, 0.1) is 11.8 Å². The number of nitrogens with two attached hydrogens (primary N) is 1. The average molecular weight is 302 g/mol. The van der Waals surface area contributed by atoms with Gasteiger partial charge in [-0.2, -0.15) is 0 Å². The highest BCUT2D eigenvalue weighted by Gasteiger charge is 2.29. The number of esters is 1. The number of hydrogen-bond acceptors (Lipinski definition) is 5. The van der Waals surface area contributed by atoms with Crippen molar-refractivity contribution >= 4 is 17.8 Å². The highest BCUT2D eigenvalue weighted by molar-refractivity contribution is 5.88. The fraction of sp³-hybridized carbons (Fsp3) is 0.786. The molecule has 0 aromatic rings. The zero-order chi connectivity index (χ0) is 16.8. The van der Waals surface area contributed by atoms with Crippen LogP contribution in [0.15, 0.2) is 0 Å². The van der Waals surface area contributed by atoms with Crippen LogP contribution in [0.3, 0.4) is 0 Å². The Morgan fingerprint density at radius 3 is 2.10 bits per heavy atom. The summed E-state index contributed by atoms with van der Waals surface area (Å²) in [5.41, 5.74) is 4.80. The molecule has 0 aliphatic carbocycles. The van der Waals surface area contributed by atoms with Gasteiger partial charge in [0.1, 0.15) is 11.6 Å². The topological polar surface area (TPSA) is 119 Å². The molecule has 0 radical (unpaired) electrons. The van der Waals surface area contributed by atoms with E-state index in [2.05, 4.69) is 5.32 Å². The normalized spacial score (nSPS) is 14.4. The van der Waals surface area contributed by atoms with Crippen molar-refractivity contribution in [2.45, 2.75) is 52.7 Å². The van der Waals surface area contributed by atoms with Gasteiger partial charge in [-0.05, 0) is 26.7 Å². The quantitative estimate of drug-likeness (QED) is 0.590. The van der Waals surface area contributed by atoms with Gasteiger partial charge in [0.2, 0.25) is 5.91 Å². The van der Waals surface area contributed by atoms with Gasteiger partial charge in [-0.25, -0.2) is 4.79 Å². The molecule has 0 aromatic heterocycles. The van der Waals surface area contributed by atoms with Gasteiger partial charge in [0.25, 0.3) is 0 Å². The van der Waals surface area contributed by atoms with E-state index in [0.717, 1.165) is 0 Å². The van der Waals surface area contributed by atoms with E-state index in [-0.39, 0.29) is 12.5 Å². The van der Waals surface area contributed by atoms with Gasteiger partial charge >= 0.3 is 11.9 Å². The zero-order valence-electron chi connectivity index (χ0n) is 13.3. The van der Waals surface area contributed by atoms with Crippen molar-refractivity contribution in [2.24, 2.45) is 17.6 Å². The number of nitrogens with one attached hydrogen (secondary N) is 1. The molecule has 1 unspecified atom stereocenters. The SMILES string of the molecule is CC(C)C(CN)C(=O)N[C@@H](CC(=O)OC(C)(C)C)C(=O)O. The largest absolute Gasteiger partial charge is 0.480 e. The Hall–Kier alpha value is -1.63. The van der Waals surface area contributed by atoms with Crippen LogP contribution in [0.5, 0.6) is 0 Å². The van der Waals surface area contributed by atoms with Crippen LogP contribution in [-0.2, 0) is 19.1 Å². The first-order valence-electron chi connectivity index (χ1n) is 6.93. The number of ether oxygens (including phenoxy) is 1. The van der Waals surface area contributed by atoms with Crippen LogP contribution in [0.1, 0.15) is 41.0 Å². The molecule has 0 aromatic carbocycles. The fourth-order valence-corrected chi connectivity index (χ4v) is 1.71. The summed E-state index contributed by atoms with van der Waals surface area (Å²) in [6.07, 6.45) is -0.423. The van der Waals surface area contributed by atoms with Gasteiger partial charge in [-0.3, -0.25) is 9.59 Å². The van der Waals surface area contributed by atoms with E-state index in [0.29, 0.717) is 0 Å². The van der Waals surface area contributed by atoms with Crippen molar-refractivity contribution in [3.8, 4) is 0 Å². The predicted octanol–water partition coefficient (Wildman–Crippen LogP) is 0.519. The minimum atomic E-state index is -1.32. The average Bonchev–Trinajstić information content (AvgIpc) is 2.25. The first kappa shape index (κ1) is 19.4. The summed E-state index contributed by atoms with van der Waals surface area (Å²) in [4.78, 5) is 34.8. The van der Waals surface area contributed by atoms with Gasteiger partial charge in [-0.1, -0.05) is 13.8 Å². The van der Waals surface area contributed by atoms with Crippen LogP contribution in [0.2, 0.25) is 0 Å². The molecule has 0 fully saturated rings. The summed E-state index contributed by atoms with van der Waals surface area (Å²) in [5.74, 6) is -2.95. The van der Waals surface area contributed by atoms with E-state index in [9.17, 15) is 14.4 Å². The summed E-state index contributed by atoms with van der Waals surface area (Å²) >= 11 is 0. The number of rotatable bonds is 7. The molecule has 0 rings (SSSR count). The molecule has 0 aliphatic heterocycles. The monoisotopic (exact) mass is 302 g/mol. The van der Waals surface area contributed by atoms with Crippen molar-refractivity contribution < 1.29 is 24.2 Å². The smallest absolute Gasteiger partial charge is 0.326 e. The van der Waals surface area contributed by atoms with Gasteiger partial charge in [0, 0.05) is 6.54 Å².